The van der Waals surface area contributed by atoms with Crippen molar-refractivity contribution in [3.8, 4) is 5.75 Å². The van der Waals surface area contributed by atoms with Gasteiger partial charge in [0.15, 0.2) is 0 Å². The van der Waals surface area contributed by atoms with E-state index in [1.807, 2.05) is 6.92 Å². The molecule has 1 rings (SSSR count). The smallest absolute Gasteiger partial charge is 0.275 e. The van der Waals surface area contributed by atoms with Crippen LogP contribution in [0.1, 0.15) is 20.3 Å². The van der Waals surface area contributed by atoms with Gasteiger partial charge in [-0.15, -0.1) is 0 Å². The summed E-state index contributed by atoms with van der Waals surface area (Å²) < 4.78 is 5.34. The van der Waals surface area contributed by atoms with E-state index >= 15 is 0 Å². The van der Waals surface area contributed by atoms with Crippen LogP contribution in [0.2, 0.25) is 0 Å². The summed E-state index contributed by atoms with van der Waals surface area (Å²) in [5.41, 5.74) is 0.775. The lowest BCUT2D eigenvalue weighted by Gasteiger charge is -2.11. The Morgan fingerprint density at radius 2 is 2.21 bits per heavy atom. The molecule has 0 saturated heterocycles. The van der Waals surface area contributed by atoms with Crippen molar-refractivity contribution >= 4 is 23.1 Å². The largest absolute Gasteiger partial charge is 0.494 e. The molecule has 0 bridgehead atoms. The Labute approximate surface area is 117 Å². The van der Waals surface area contributed by atoms with E-state index in [4.69, 9.17) is 4.74 Å². The summed E-state index contributed by atoms with van der Waals surface area (Å²) in [7, 11) is 0. The number of thioether (sulfide) groups is 1. The van der Waals surface area contributed by atoms with Crippen molar-refractivity contribution in [2.75, 3.05) is 24.7 Å². The van der Waals surface area contributed by atoms with Crippen LogP contribution in [0.5, 0.6) is 5.75 Å². The van der Waals surface area contributed by atoms with Crippen LogP contribution in [0.4, 0.5) is 11.4 Å². The van der Waals surface area contributed by atoms with Gasteiger partial charge in [0.25, 0.3) is 5.69 Å². The molecule has 0 aliphatic carbocycles. The monoisotopic (exact) mass is 284 g/mol. The van der Waals surface area contributed by atoms with Crippen molar-refractivity contribution in [1.82, 2.24) is 0 Å². The highest BCUT2D eigenvalue weighted by Gasteiger charge is 2.10. The van der Waals surface area contributed by atoms with Gasteiger partial charge < -0.3 is 10.1 Å². The Balaban J connectivity index is 2.73. The first-order valence-electron chi connectivity index (χ1n) is 6.25. The van der Waals surface area contributed by atoms with E-state index in [9.17, 15) is 10.1 Å². The van der Waals surface area contributed by atoms with Crippen molar-refractivity contribution in [2.24, 2.45) is 0 Å². The van der Waals surface area contributed by atoms with Gasteiger partial charge in [-0.25, -0.2) is 0 Å². The van der Waals surface area contributed by atoms with Gasteiger partial charge in [-0.3, -0.25) is 10.1 Å². The Kier molecular flexibility index (Phi) is 6.49. The highest BCUT2D eigenvalue weighted by Crippen LogP contribution is 2.26. The molecule has 0 aromatic heterocycles. The maximum Gasteiger partial charge on any atom is 0.275 e. The summed E-state index contributed by atoms with van der Waals surface area (Å²) in [6, 6.07) is 4.77. The Hall–Kier alpha value is -1.43. The van der Waals surface area contributed by atoms with Gasteiger partial charge in [0, 0.05) is 29.6 Å². The van der Waals surface area contributed by atoms with Gasteiger partial charge in [0.05, 0.1) is 17.6 Å². The number of ether oxygens (including phenoxy) is 1. The lowest BCUT2D eigenvalue weighted by atomic mass is 10.2. The van der Waals surface area contributed by atoms with Crippen LogP contribution in [-0.2, 0) is 0 Å². The molecule has 0 fully saturated rings. The summed E-state index contributed by atoms with van der Waals surface area (Å²) in [6.45, 7) is 5.29. The fourth-order valence-electron chi connectivity index (χ4n) is 1.58. The number of nitrogens with zero attached hydrogens (tertiary/aromatic N) is 1. The summed E-state index contributed by atoms with van der Waals surface area (Å²) in [5.74, 6) is 0.525. The molecule has 6 heteroatoms. The minimum absolute atomic E-state index is 0.0476. The van der Waals surface area contributed by atoms with Crippen LogP contribution in [-0.4, -0.2) is 29.6 Å². The quantitative estimate of drug-likeness (QED) is 0.584. The van der Waals surface area contributed by atoms with Crippen molar-refractivity contribution in [2.45, 2.75) is 25.5 Å². The molecule has 0 amide bonds. The molecule has 5 nitrogen and oxygen atoms in total. The van der Waals surface area contributed by atoms with Gasteiger partial charge in [0.2, 0.25) is 0 Å². The fourth-order valence-corrected chi connectivity index (χ4v) is 1.93. The number of nitro benzene ring substituents is 1. The minimum Gasteiger partial charge on any atom is -0.494 e. The molecule has 1 atom stereocenters. The molecule has 19 heavy (non-hydrogen) atoms. The van der Waals surface area contributed by atoms with Crippen molar-refractivity contribution in [1.29, 1.82) is 0 Å². The van der Waals surface area contributed by atoms with Crippen LogP contribution < -0.4 is 10.1 Å². The number of nitro groups is 1. The molecule has 0 aliphatic heterocycles. The third-order valence-electron chi connectivity index (χ3n) is 2.70. The summed E-state index contributed by atoms with van der Waals surface area (Å²) >= 11 is 1.81. The summed E-state index contributed by atoms with van der Waals surface area (Å²) in [4.78, 5) is 10.5. The summed E-state index contributed by atoms with van der Waals surface area (Å²) in [6.07, 6.45) is 3.08. The average Bonchev–Trinajstić information content (AvgIpc) is 2.38. The van der Waals surface area contributed by atoms with Crippen molar-refractivity contribution in [3.05, 3.63) is 28.3 Å². The second-order valence-corrected chi connectivity index (χ2v) is 5.44. The van der Waals surface area contributed by atoms with E-state index in [0.29, 0.717) is 17.6 Å². The number of nitrogens with one attached hydrogen (secondary N) is 1. The number of benzene rings is 1. The van der Waals surface area contributed by atoms with E-state index < -0.39 is 4.92 Å². The second-order valence-electron chi connectivity index (χ2n) is 4.17. The van der Waals surface area contributed by atoms with E-state index in [1.165, 1.54) is 12.1 Å². The van der Waals surface area contributed by atoms with Crippen LogP contribution >= 0.6 is 11.8 Å². The molecule has 1 unspecified atom stereocenters. The molecule has 0 aliphatic rings. The molecule has 1 aromatic carbocycles. The Bertz CT molecular complexity index is 426. The van der Waals surface area contributed by atoms with Gasteiger partial charge >= 0.3 is 0 Å². The first-order valence-corrected chi connectivity index (χ1v) is 7.54. The zero-order valence-electron chi connectivity index (χ0n) is 11.5. The number of rotatable bonds is 8. The second kappa shape index (κ2) is 7.89. The van der Waals surface area contributed by atoms with E-state index in [2.05, 4.69) is 18.5 Å². The lowest BCUT2D eigenvalue weighted by molar-refractivity contribution is -0.384. The molecular weight excluding hydrogens is 264 g/mol. The minimum atomic E-state index is -0.405. The van der Waals surface area contributed by atoms with Crippen molar-refractivity contribution < 1.29 is 9.66 Å². The highest BCUT2D eigenvalue weighted by molar-refractivity contribution is 7.99. The van der Waals surface area contributed by atoms with E-state index in [-0.39, 0.29) is 5.69 Å². The topological polar surface area (TPSA) is 64.4 Å². The van der Waals surface area contributed by atoms with E-state index in [1.54, 1.807) is 17.8 Å². The molecule has 1 N–H and O–H groups in total. The predicted octanol–water partition coefficient (Wildman–Crippen LogP) is 3.55. The molecule has 0 radical (unpaired) electrons. The first kappa shape index (κ1) is 15.6. The molecule has 1 aromatic rings. The predicted molar refractivity (Wildman–Crippen MR) is 80.3 cm³/mol. The standard InChI is InChI=1S/C13H20N2O3S/c1-4-18-13-8-11(7-12(9-13)15(16)17)14-6-5-10(2)19-3/h7-10,14H,4-6H2,1-3H3. The highest BCUT2D eigenvalue weighted by atomic mass is 32.2. The van der Waals surface area contributed by atoms with Crippen LogP contribution in [0.3, 0.4) is 0 Å². The maximum absolute atomic E-state index is 10.9. The van der Waals surface area contributed by atoms with Gasteiger partial charge in [0.1, 0.15) is 5.75 Å². The van der Waals surface area contributed by atoms with Gasteiger partial charge in [-0.05, 0) is 19.6 Å². The third kappa shape index (κ3) is 5.38. The zero-order valence-corrected chi connectivity index (χ0v) is 12.3. The molecule has 0 saturated carbocycles. The zero-order chi connectivity index (χ0) is 14.3. The average molecular weight is 284 g/mol. The fraction of sp³-hybridized carbons (Fsp3) is 0.538. The lowest BCUT2D eigenvalue weighted by Crippen LogP contribution is -2.08. The van der Waals surface area contributed by atoms with Crippen LogP contribution in [0.25, 0.3) is 0 Å². The molecule has 106 valence electrons. The van der Waals surface area contributed by atoms with Gasteiger partial charge in [-0.1, -0.05) is 6.92 Å². The van der Waals surface area contributed by atoms with Crippen LogP contribution in [0.15, 0.2) is 18.2 Å². The van der Waals surface area contributed by atoms with Crippen molar-refractivity contribution in [3.63, 3.8) is 0 Å². The molecule has 0 heterocycles. The maximum atomic E-state index is 10.9. The normalized spacial score (nSPS) is 11.9. The Morgan fingerprint density at radius 1 is 1.47 bits per heavy atom. The van der Waals surface area contributed by atoms with E-state index in [0.717, 1.165) is 18.7 Å². The molecule has 0 spiro atoms. The number of hydrogen-bond acceptors (Lipinski definition) is 5. The number of non-ortho nitro benzene ring substituents is 1. The Morgan fingerprint density at radius 3 is 2.79 bits per heavy atom. The number of hydrogen-bond donors (Lipinski definition) is 1. The summed E-state index contributed by atoms with van der Waals surface area (Å²) in [5, 5.41) is 14.6. The first-order chi connectivity index (χ1) is 9.06. The van der Waals surface area contributed by atoms with Gasteiger partial charge in [-0.2, -0.15) is 11.8 Å². The third-order valence-corrected chi connectivity index (χ3v) is 3.74. The molecular formula is C13H20N2O3S. The van der Waals surface area contributed by atoms with Crippen LogP contribution in [0, 0.1) is 10.1 Å². The SMILES string of the molecule is CCOc1cc(NCCC(C)SC)cc([N+](=O)[O-])c1. The number of anilines is 1.